The van der Waals surface area contributed by atoms with Gasteiger partial charge in [0.05, 0.1) is 5.56 Å². The first-order valence-electron chi connectivity index (χ1n) is 5.77. The molecule has 3 nitrogen and oxygen atoms in total. The van der Waals surface area contributed by atoms with E-state index in [1.165, 1.54) is 6.07 Å². The normalized spacial score (nSPS) is 11.9. The molecule has 1 heterocycles. The second-order valence-electron chi connectivity index (χ2n) is 4.31. The highest BCUT2D eigenvalue weighted by Gasteiger charge is 2.30. The molecule has 20 heavy (non-hydrogen) atoms. The van der Waals surface area contributed by atoms with Crippen molar-refractivity contribution in [2.75, 3.05) is 5.73 Å². The lowest BCUT2D eigenvalue weighted by atomic mass is 10.0. The summed E-state index contributed by atoms with van der Waals surface area (Å²) < 4.78 is 43.2. The number of benzene rings is 2. The summed E-state index contributed by atoms with van der Waals surface area (Å²) in [5.74, 6) is 0. The minimum atomic E-state index is -4.36. The number of nitrogens with two attached hydrogens (primary N) is 1. The van der Waals surface area contributed by atoms with E-state index in [1.807, 2.05) is 0 Å². The van der Waals surface area contributed by atoms with E-state index in [1.54, 1.807) is 24.3 Å². The molecule has 0 unspecified atom stereocenters. The van der Waals surface area contributed by atoms with Crippen LogP contribution in [0.3, 0.4) is 0 Å². The van der Waals surface area contributed by atoms with Gasteiger partial charge in [0.1, 0.15) is 5.52 Å². The third-order valence-corrected chi connectivity index (χ3v) is 2.93. The molecular weight excluding hydrogens is 269 g/mol. The number of aromatic nitrogens is 1. The molecule has 0 atom stereocenters. The van der Waals surface area contributed by atoms with Crippen LogP contribution in [0.5, 0.6) is 0 Å². The zero-order valence-corrected chi connectivity index (χ0v) is 10.1. The van der Waals surface area contributed by atoms with Gasteiger partial charge in [0.25, 0.3) is 6.01 Å². The van der Waals surface area contributed by atoms with Gasteiger partial charge in [-0.1, -0.05) is 18.2 Å². The Balaban J connectivity index is 2.10. The summed E-state index contributed by atoms with van der Waals surface area (Å²) in [7, 11) is 0. The summed E-state index contributed by atoms with van der Waals surface area (Å²) in [6.45, 7) is 0. The molecule has 0 saturated carbocycles. The van der Waals surface area contributed by atoms with Gasteiger partial charge in [-0.2, -0.15) is 18.2 Å². The third kappa shape index (κ3) is 2.20. The van der Waals surface area contributed by atoms with Crippen LogP contribution in [0.4, 0.5) is 19.2 Å². The Labute approximate surface area is 111 Å². The molecule has 0 aliphatic carbocycles. The molecule has 0 aliphatic rings. The van der Waals surface area contributed by atoms with Crippen molar-refractivity contribution in [3.63, 3.8) is 0 Å². The van der Waals surface area contributed by atoms with E-state index in [4.69, 9.17) is 10.2 Å². The van der Waals surface area contributed by atoms with E-state index in [0.29, 0.717) is 22.2 Å². The van der Waals surface area contributed by atoms with E-state index in [2.05, 4.69) is 4.98 Å². The Hall–Kier alpha value is -2.50. The molecule has 2 aromatic carbocycles. The van der Waals surface area contributed by atoms with E-state index >= 15 is 0 Å². The van der Waals surface area contributed by atoms with Crippen molar-refractivity contribution in [3.8, 4) is 11.1 Å². The molecule has 1 aromatic heterocycles. The van der Waals surface area contributed by atoms with Crippen molar-refractivity contribution >= 4 is 17.1 Å². The van der Waals surface area contributed by atoms with Gasteiger partial charge in [-0.05, 0) is 35.4 Å². The Bertz CT molecular complexity index is 777. The maximum Gasteiger partial charge on any atom is 0.416 e. The van der Waals surface area contributed by atoms with Crippen molar-refractivity contribution < 1.29 is 17.6 Å². The predicted octanol–water partition coefficient (Wildman–Crippen LogP) is 4.10. The van der Waals surface area contributed by atoms with Crippen molar-refractivity contribution in [2.45, 2.75) is 6.18 Å². The number of nitrogens with zero attached hydrogens (tertiary/aromatic N) is 1. The number of alkyl halides is 3. The van der Waals surface area contributed by atoms with Crippen LogP contribution in [-0.2, 0) is 6.18 Å². The van der Waals surface area contributed by atoms with Crippen LogP contribution in [0, 0.1) is 0 Å². The number of nitrogen functional groups attached to an aromatic ring is 1. The van der Waals surface area contributed by atoms with Gasteiger partial charge in [0, 0.05) is 0 Å². The van der Waals surface area contributed by atoms with Crippen LogP contribution < -0.4 is 5.73 Å². The number of anilines is 1. The van der Waals surface area contributed by atoms with Gasteiger partial charge < -0.3 is 10.2 Å². The van der Waals surface area contributed by atoms with Gasteiger partial charge in [-0.15, -0.1) is 0 Å². The number of hydrogen-bond donors (Lipinski definition) is 1. The minimum absolute atomic E-state index is 0.0289. The summed E-state index contributed by atoms with van der Waals surface area (Å²) >= 11 is 0. The molecule has 2 N–H and O–H groups in total. The maximum atomic E-state index is 12.7. The van der Waals surface area contributed by atoms with Crippen molar-refractivity contribution in [2.24, 2.45) is 0 Å². The second-order valence-corrected chi connectivity index (χ2v) is 4.31. The van der Waals surface area contributed by atoms with Crippen LogP contribution in [-0.4, -0.2) is 4.98 Å². The molecule has 0 bridgehead atoms. The molecule has 0 aliphatic heterocycles. The smallest absolute Gasteiger partial charge is 0.416 e. The monoisotopic (exact) mass is 278 g/mol. The van der Waals surface area contributed by atoms with Crippen LogP contribution in [0.2, 0.25) is 0 Å². The van der Waals surface area contributed by atoms with E-state index in [9.17, 15) is 13.2 Å². The molecule has 3 rings (SSSR count). The van der Waals surface area contributed by atoms with Gasteiger partial charge in [0.2, 0.25) is 0 Å². The molecule has 0 fully saturated rings. The van der Waals surface area contributed by atoms with Crippen LogP contribution >= 0.6 is 0 Å². The highest BCUT2D eigenvalue weighted by molar-refractivity contribution is 5.81. The molecule has 3 aromatic rings. The van der Waals surface area contributed by atoms with Crippen molar-refractivity contribution in [3.05, 3.63) is 48.0 Å². The minimum Gasteiger partial charge on any atom is -0.424 e. The Kier molecular flexibility index (Phi) is 2.67. The fraction of sp³-hybridized carbons (Fsp3) is 0.0714. The van der Waals surface area contributed by atoms with Gasteiger partial charge >= 0.3 is 6.18 Å². The van der Waals surface area contributed by atoms with Gasteiger partial charge in [-0.25, -0.2) is 0 Å². The maximum absolute atomic E-state index is 12.7. The molecule has 0 saturated heterocycles. The summed E-state index contributed by atoms with van der Waals surface area (Å²) in [4.78, 5) is 3.96. The summed E-state index contributed by atoms with van der Waals surface area (Å²) in [6, 6.07) is 10.1. The molecule has 102 valence electrons. The second kappa shape index (κ2) is 4.26. The highest BCUT2D eigenvalue weighted by atomic mass is 19.4. The molecule has 0 amide bonds. The van der Waals surface area contributed by atoms with Crippen LogP contribution in [0.25, 0.3) is 22.2 Å². The zero-order chi connectivity index (χ0) is 14.3. The SMILES string of the molecule is Nc1nc2cc(-c3cccc(C(F)(F)F)c3)ccc2o1. The average molecular weight is 278 g/mol. The van der Waals surface area contributed by atoms with E-state index < -0.39 is 11.7 Å². The van der Waals surface area contributed by atoms with Crippen LogP contribution in [0.15, 0.2) is 46.9 Å². The fourth-order valence-electron chi connectivity index (χ4n) is 2.00. The average Bonchev–Trinajstić information content (AvgIpc) is 2.77. The predicted molar refractivity (Wildman–Crippen MR) is 68.9 cm³/mol. The lowest BCUT2D eigenvalue weighted by Crippen LogP contribution is -2.04. The van der Waals surface area contributed by atoms with E-state index in [-0.39, 0.29) is 6.01 Å². The lowest BCUT2D eigenvalue weighted by molar-refractivity contribution is -0.137. The highest BCUT2D eigenvalue weighted by Crippen LogP contribution is 2.33. The largest absolute Gasteiger partial charge is 0.424 e. The lowest BCUT2D eigenvalue weighted by Gasteiger charge is -2.08. The van der Waals surface area contributed by atoms with Crippen molar-refractivity contribution in [1.82, 2.24) is 4.98 Å². The first kappa shape index (κ1) is 12.5. The quantitative estimate of drug-likeness (QED) is 0.729. The van der Waals surface area contributed by atoms with Crippen LogP contribution in [0.1, 0.15) is 5.56 Å². The number of fused-ring (bicyclic) bond motifs is 1. The molecule has 6 heteroatoms. The summed E-state index contributed by atoms with van der Waals surface area (Å²) in [6.07, 6.45) is -4.36. The Morgan fingerprint density at radius 1 is 1.00 bits per heavy atom. The summed E-state index contributed by atoms with van der Waals surface area (Å²) in [5, 5.41) is 0. The third-order valence-electron chi connectivity index (χ3n) is 2.93. The Morgan fingerprint density at radius 3 is 2.50 bits per heavy atom. The topological polar surface area (TPSA) is 52.0 Å². The number of halogens is 3. The fourth-order valence-corrected chi connectivity index (χ4v) is 2.00. The van der Waals surface area contributed by atoms with Crippen molar-refractivity contribution in [1.29, 1.82) is 0 Å². The molecular formula is C14H9F3N2O. The summed E-state index contributed by atoms with van der Waals surface area (Å²) in [5.41, 5.74) is 6.84. The molecule has 0 spiro atoms. The van der Waals surface area contributed by atoms with Gasteiger partial charge in [-0.3, -0.25) is 0 Å². The van der Waals surface area contributed by atoms with E-state index in [0.717, 1.165) is 12.1 Å². The first-order valence-corrected chi connectivity index (χ1v) is 5.77. The first-order chi connectivity index (χ1) is 9.43. The number of rotatable bonds is 1. The standard InChI is InChI=1S/C14H9F3N2O/c15-14(16,17)10-3-1-2-8(6-10)9-4-5-12-11(7-9)19-13(18)20-12/h1-7H,(H2,18,19). The number of hydrogen-bond acceptors (Lipinski definition) is 3. The zero-order valence-electron chi connectivity index (χ0n) is 10.1. The number of oxazole rings is 1. The van der Waals surface area contributed by atoms with Gasteiger partial charge in [0.15, 0.2) is 5.58 Å². The Morgan fingerprint density at radius 2 is 1.75 bits per heavy atom. The molecule has 0 radical (unpaired) electrons.